The van der Waals surface area contributed by atoms with Crippen LogP contribution in [0.2, 0.25) is 5.02 Å². The first-order valence-corrected chi connectivity index (χ1v) is 22.4. The summed E-state index contributed by atoms with van der Waals surface area (Å²) in [6.45, 7) is 11.3. The molecule has 1 saturated heterocycles. The highest BCUT2D eigenvalue weighted by molar-refractivity contribution is 7.91. The zero-order valence-corrected chi connectivity index (χ0v) is 36.5. The third-order valence-corrected chi connectivity index (χ3v) is 14.3. The number of halogens is 1. The van der Waals surface area contributed by atoms with E-state index in [4.69, 9.17) is 30.5 Å². The minimum Gasteiger partial charge on any atom is -0.475 e. The molecule has 0 radical (unpaired) electrons. The van der Waals surface area contributed by atoms with Crippen LogP contribution in [0.1, 0.15) is 92.9 Å². The molecule has 0 spiro atoms. The standard InChI is InChI=1S/C42H58ClN5O10S/c1-8-26-20-25(2)12-9-10-13-27-23-42(27,38(51)47-59(53,54)41(6)16-17-41)46-35(49)32-21-28(24-48(32)37(50)34(26)45-39(52)58-40(3,4)5)57-36-29-14-11-15-31(43)30(29)22-33(44-36)56-19-18-55-7/h10-11,13-15,22,25-28,32,34H,8-9,12,16-21,23-24H2,1-7H3,(H,45,52)(H,46,49)(H,47,51)/b13-10-/t25-,26-,27-,28-,32+,34+,42-/m1/s1. The maximum Gasteiger partial charge on any atom is 0.408 e. The van der Waals surface area contributed by atoms with Gasteiger partial charge in [-0.25, -0.2) is 13.2 Å². The van der Waals surface area contributed by atoms with E-state index in [2.05, 4.69) is 27.3 Å². The molecule has 2 aliphatic carbocycles. The van der Waals surface area contributed by atoms with Crippen molar-refractivity contribution in [2.24, 2.45) is 17.8 Å². The fraction of sp³-hybridized carbons (Fsp3) is 0.643. The van der Waals surface area contributed by atoms with Gasteiger partial charge in [-0.2, -0.15) is 4.98 Å². The number of pyridine rings is 1. The predicted octanol–water partition coefficient (Wildman–Crippen LogP) is 5.43. The van der Waals surface area contributed by atoms with E-state index in [0.717, 1.165) is 6.42 Å². The number of methoxy groups -OCH3 is 1. The lowest BCUT2D eigenvalue weighted by molar-refractivity contribution is -0.142. The van der Waals surface area contributed by atoms with Gasteiger partial charge in [0.2, 0.25) is 33.6 Å². The molecule has 1 aromatic heterocycles. The summed E-state index contributed by atoms with van der Waals surface area (Å²) in [5.41, 5.74) is -2.41. The van der Waals surface area contributed by atoms with Gasteiger partial charge in [0.15, 0.2) is 0 Å². The van der Waals surface area contributed by atoms with Crippen LogP contribution in [0.3, 0.4) is 0 Å². The summed E-state index contributed by atoms with van der Waals surface area (Å²) >= 11 is 6.61. The average molecular weight is 860 g/mol. The Morgan fingerprint density at radius 3 is 2.54 bits per heavy atom. The van der Waals surface area contributed by atoms with Crippen LogP contribution in [-0.4, -0.2) is 103 Å². The van der Waals surface area contributed by atoms with Crippen LogP contribution >= 0.6 is 11.6 Å². The largest absolute Gasteiger partial charge is 0.475 e. The molecule has 1 aromatic carbocycles. The number of ether oxygens (including phenoxy) is 4. The Morgan fingerprint density at radius 1 is 1.12 bits per heavy atom. The molecule has 6 rings (SSSR count). The molecular weight excluding hydrogens is 802 g/mol. The number of benzene rings is 1. The molecule has 17 heteroatoms. The lowest BCUT2D eigenvalue weighted by Gasteiger charge is -2.34. The number of nitrogens with one attached hydrogen (secondary N) is 3. The summed E-state index contributed by atoms with van der Waals surface area (Å²) in [5, 5.41) is 7.40. The van der Waals surface area contributed by atoms with Gasteiger partial charge in [-0.3, -0.25) is 19.1 Å². The van der Waals surface area contributed by atoms with E-state index in [-0.39, 0.29) is 49.6 Å². The monoisotopic (exact) mass is 859 g/mol. The predicted molar refractivity (Wildman–Crippen MR) is 221 cm³/mol. The Labute approximate surface area is 351 Å². The topological polar surface area (TPSA) is 192 Å². The minimum absolute atomic E-state index is 0.0169. The molecule has 7 atom stereocenters. The third kappa shape index (κ3) is 10.1. The number of carbonyl (C=O) groups excluding carboxylic acids is 4. The molecule has 2 saturated carbocycles. The maximum atomic E-state index is 15.0. The minimum atomic E-state index is -4.03. The molecule has 4 aliphatic rings. The number of hydrogen-bond acceptors (Lipinski definition) is 11. The van der Waals surface area contributed by atoms with E-state index in [9.17, 15) is 22.8 Å². The molecule has 0 bridgehead atoms. The average Bonchev–Trinajstić information content (AvgIpc) is 4.04. The fourth-order valence-electron chi connectivity index (χ4n) is 7.99. The van der Waals surface area contributed by atoms with Gasteiger partial charge >= 0.3 is 6.09 Å². The Balaban J connectivity index is 1.38. The number of hydrogen-bond donors (Lipinski definition) is 3. The Kier molecular flexibility index (Phi) is 13.1. The lowest BCUT2D eigenvalue weighted by atomic mass is 9.85. The second kappa shape index (κ2) is 17.4. The molecular formula is C42H58ClN5O10S. The molecule has 4 amide bonds. The van der Waals surface area contributed by atoms with Crippen molar-refractivity contribution in [1.29, 1.82) is 0 Å². The zero-order chi connectivity index (χ0) is 42.9. The van der Waals surface area contributed by atoms with Gasteiger partial charge in [0.25, 0.3) is 5.91 Å². The molecule has 0 unspecified atom stereocenters. The van der Waals surface area contributed by atoms with Crippen molar-refractivity contribution in [3.8, 4) is 11.8 Å². The van der Waals surface area contributed by atoms with Crippen molar-refractivity contribution in [2.45, 2.75) is 127 Å². The normalized spacial score (nSPS) is 28.8. The fourth-order valence-corrected chi connectivity index (χ4v) is 9.53. The SMILES string of the molecule is CC[C@@H]1C[C@H](C)CC/C=C\[C@@H]2C[C@@]2(C(=O)NS(=O)(=O)C2(C)CC2)NC(=O)[C@@H]2C[C@@H](Oc3nc(OCCOC)cc4c(Cl)cccc34)CN2C(=O)[C@H]1NC(=O)OC(C)(C)C. The van der Waals surface area contributed by atoms with Crippen molar-refractivity contribution < 1.29 is 46.5 Å². The number of fused-ring (bicyclic) bond motifs is 3. The maximum absolute atomic E-state index is 15.0. The highest BCUT2D eigenvalue weighted by Crippen LogP contribution is 2.48. The first-order chi connectivity index (χ1) is 27.8. The number of sulfonamides is 1. The van der Waals surface area contributed by atoms with Gasteiger partial charge in [0.1, 0.15) is 35.9 Å². The second-order valence-corrected chi connectivity index (χ2v) is 20.3. The van der Waals surface area contributed by atoms with Crippen molar-refractivity contribution in [3.05, 3.63) is 41.4 Å². The zero-order valence-electron chi connectivity index (χ0n) is 35.0. The quantitative estimate of drug-likeness (QED) is 0.193. The van der Waals surface area contributed by atoms with E-state index >= 15 is 4.79 Å². The van der Waals surface area contributed by atoms with Gasteiger partial charge in [0.05, 0.1) is 17.9 Å². The number of carbonyl (C=O) groups is 4. The number of alkyl carbamates (subject to hydrolysis) is 1. The molecule has 3 N–H and O–H groups in total. The van der Waals surface area contributed by atoms with Gasteiger partial charge in [-0.1, -0.05) is 50.1 Å². The highest BCUT2D eigenvalue weighted by Gasteiger charge is 2.63. The first-order valence-electron chi connectivity index (χ1n) is 20.5. The summed E-state index contributed by atoms with van der Waals surface area (Å²) in [5.74, 6) is -2.24. The lowest BCUT2D eigenvalue weighted by Crippen LogP contribution is -2.59. The Hall–Kier alpha value is -4.15. The number of rotatable bonds is 11. The molecule has 15 nitrogen and oxygen atoms in total. The summed E-state index contributed by atoms with van der Waals surface area (Å²) in [7, 11) is -2.47. The number of nitrogens with zero attached hydrogens (tertiary/aromatic N) is 2. The van der Waals surface area contributed by atoms with Crippen LogP contribution in [0.5, 0.6) is 11.8 Å². The number of allylic oxidation sites excluding steroid dienone is 1. The Morgan fingerprint density at radius 2 is 1.86 bits per heavy atom. The van der Waals surface area contributed by atoms with E-state index in [0.29, 0.717) is 54.5 Å². The number of aromatic nitrogens is 1. The smallest absolute Gasteiger partial charge is 0.408 e. The summed E-state index contributed by atoms with van der Waals surface area (Å²) in [4.78, 5) is 63.1. The summed E-state index contributed by atoms with van der Waals surface area (Å²) < 4.78 is 50.9. The molecule has 3 heterocycles. The van der Waals surface area contributed by atoms with Crippen molar-refractivity contribution in [2.75, 3.05) is 26.9 Å². The van der Waals surface area contributed by atoms with Gasteiger partial charge in [-0.05, 0) is 90.2 Å². The van der Waals surface area contributed by atoms with Crippen LogP contribution in [0.4, 0.5) is 4.79 Å². The van der Waals surface area contributed by atoms with Gasteiger partial charge in [-0.15, -0.1) is 0 Å². The van der Waals surface area contributed by atoms with Crippen LogP contribution < -0.4 is 24.8 Å². The Bertz CT molecular complexity index is 2070. The van der Waals surface area contributed by atoms with Crippen LogP contribution in [0, 0.1) is 17.8 Å². The van der Waals surface area contributed by atoms with Gasteiger partial charge in [0, 0.05) is 41.3 Å². The summed E-state index contributed by atoms with van der Waals surface area (Å²) in [6, 6.07) is 4.73. The van der Waals surface area contributed by atoms with Crippen molar-refractivity contribution >= 4 is 56.2 Å². The van der Waals surface area contributed by atoms with Gasteiger partial charge < -0.3 is 34.5 Å². The molecule has 2 aliphatic heterocycles. The third-order valence-electron chi connectivity index (χ3n) is 11.9. The molecule has 3 fully saturated rings. The highest BCUT2D eigenvalue weighted by atomic mass is 35.5. The van der Waals surface area contributed by atoms with Crippen molar-refractivity contribution in [3.63, 3.8) is 0 Å². The van der Waals surface area contributed by atoms with E-state index < -0.39 is 73.8 Å². The van der Waals surface area contributed by atoms with Crippen LogP contribution in [0.25, 0.3) is 10.8 Å². The van der Waals surface area contributed by atoms with E-state index in [1.807, 2.05) is 19.1 Å². The summed E-state index contributed by atoms with van der Waals surface area (Å²) in [6.07, 6.45) is 5.83. The first kappa shape index (κ1) is 44.4. The second-order valence-electron chi connectivity index (χ2n) is 17.7. The van der Waals surface area contributed by atoms with E-state index in [1.165, 1.54) is 4.90 Å². The number of amides is 4. The van der Waals surface area contributed by atoms with Crippen LogP contribution in [0.15, 0.2) is 36.4 Å². The molecule has 2 aromatic rings. The van der Waals surface area contributed by atoms with Crippen LogP contribution in [-0.2, 0) is 33.9 Å². The molecule has 324 valence electrons. The van der Waals surface area contributed by atoms with E-state index in [1.54, 1.807) is 59.1 Å². The molecule has 59 heavy (non-hydrogen) atoms. The van der Waals surface area contributed by atoms with Crippen molar-refractivity contribution in [1.82, 2.24) is 25.2 Å².